The Labute approximate surface area is 89.1 Å². The van der Waals surface area contributed by atoms with Crippen molar-refractivity contribution in [2.45, 2.75) is 0 Å². The number of nitrogens with one attached hydrogen (secondary N) is 1. The van der Waals surface area contributed by atoms with Gasteiger partial charge in [-0.25, -0.2) is 13.2 Å². The summed E-state index contributed by atoms with van der Waals surface area (Å²) in [5, 5.41) is 2.32. The Morgan fingerprint density at radius 3 is 2.56 bits per heavy atom. The van der Waals surface area contributed by atoms with E-state index in [1.807, 2.05) is 0 Å². The van der Waals surface area contributed by atoms with E-state index in [1.54, 1.807) is 0 Å². The lowest BCUT2D eigenvalue weighted by molar-refractivity contribution is 0.505. The van der Waals surface area contributed by atoms with Gasteiger partial charge in [-0.05, 0) is 0 Å². The monoisotopic (exact) mass is 227 g/mol. The van der Waals surface area contributed by atoms with E-state index in [0.717, 1.165) is 0 Å². The maximum atomic E-state index is 13.5. The Morgan fingerprint density at radius 2 is 1.94 bits per heavy atom. The molecular weight excluding hydrogens is 219 g/mol. The van der Waals surface area contributed by atoms with Crippen molar-refractivity contribution in [2.75, 3.05) is 18.1 Å². The highest BCUT2D eigenvalue weighted by atomic mass is 19.2. The molecule has 0 spiro atoms. The lowest BCUT2D eigenvalue weighted by Gasteiger charge is -2.10. The highest BCUT2D eigenvalue weighted by Gasteiger charge is 2.17. The number of rotatable bonds is 1. The first-order chi connectivity index (χ1) is 7.56. The summed E-state index contributed by atoms with van der Waals surface area (Å²) in [5.41, 5.74) is 5.53. The van der Waals surface area contributed by atoms with E-state index in [1.165, 1.54) is 13.2 Å². The Kier molecular flexibility index (Phi) is 2.34. The summed E-state index contributed by atoms with van der Waals surface area (Å²) in [5.74, 6) is -3.36. The van der Waals surface area contributed by atoms with Gasteiger partial charge in [0.15, 0.2) is 17.5 Å². The molecule has 3 N–H and O–H groups in total. The molecule has 0 fully saturated rings. The van der Waals surface area contributed by atoms with Crippen molar-refractivity contribution in [3.8, 4) is 0 Å². The first-order valence-electron chi connectivity index (χ1n) is 4.45. The topological polar surface area (TPSA) is 50.9 Å². The van der Waals surface area contributed by atoms with Crippen molar-refractivity contribution in [3.05, 3.63) is 29.7 Å². The van der Waals surface area contributed by atoms with Crippen LogP contribution in [0.2, 0.25) is 0 Å². The van der Waals surface area contributed by atoms with E-state index >= 15 is 0 Å². The zero-order chi connectivity index (χ0) is 11.9. The summed E-state index contributed by atoms with van der Waals surface area (Å²) >= 11 is 0. The number of pyridine rings is 1. The molecule has 16 heavy (non-hydrogen) atoms. The molecule has 1 heterocycles. The van der Waals surface area contributed by atoms with Gasteiger partial charge in [-0.2, -0.15) is 0 Å². The fourth-order valence-electron chi connectivity index (χ4n) is 1.55. The molecule has 0 bridgehead atoms. The van der Waals surface area contributed by atoms with Crippen LogP contribution in [0.4, 0.5) is 24.5 Å². The number of hydrogen-bond donors (Lipinski definition) is 2. The Hall–Kier alpha value is -1.98. The minimum absolute atomic E-state index is 0.124. The number of aromatic nitrogens is 1. The van der Waals surface area contributed by atoms with Crippen LogP contribution in [0.3, 0.4) is 0 Å². The molecule has 0 aliphatic heterocycles. The van der Waals surface area contributed by atoms with Gasteiger partial charge in [0.25, 0.3) is 0 Å². The molecule has 0 radical (unpaired) electrons. The molecule has 0 unspecified atom stereocenters. The maximum absolute atomic E-state index is 13.5. The Morgan fingerprint density at radius 1 is 1.25 bits per heavy atom. The quantitative estimate of drug-likeness (QED) is 0.735. The van der Waals surface area contributed by atoms with Crippen LogP contribution in [0.25, 0.3) is 10.9 Å². The molecule has 1 aromatic heterocycles. The smallest absolute Gasteiger partial charge is 0.170 e. The molecule has 6 heteroatoms. The molecule has 0 aliphatic rings. The molecule has 0 saturated heterocycles. The molecule has 0 saturated carbocycles. The lowest BCUT2D eigenvalue weighted by atomic mass is 10.1. The van der Waals surface area contributed by atoms with Gasteiger partial charge < -0.3 is 11.1 Å². The number of anilines is 2. The van der Waals surface area contributed by atoms with Crippen LogP contribution in [-0.2, 0) is 0 Å². The highest BCUT2D eigenvalue weighted by molar-refractivity contribution is 5.97. The van der Waals surface area contributed by atoms with Crippen molar-refractivity contribution >= 4 is 22.3 Å². The summed E-state index contributed by atoms with van der Waals surface area (Å²) < 4.78 is 39.9. The van der Waals surface area contributed by atoms with E-state index in [-0.39, 0.29) is 22.3 Å². The number of benzene rings is 1. The predicted molar refractivity (Wildman–Crippen MR) is 55.6 cm³/mol. The van der Waals surface area contributed by atoms with Gasteiger partial charge in [0, 0.05) is 13.1 Å². The van der Waals surface area contributed by atoms with Crippen LogP contribution in [-0.4, -0.2) is 12.0 Å². The van der Waals surface area contributed by atoms with Crippen LogP contribution in [0.5, 0.6) is 0 Å². The number of halogens is 3. The van der Waals surface area contributed by atoms with Crippen LogP contribution < -0.4 is 11.1 Å². The van der Waals surface area contributed by atoms with Crippen molar-refractivity contribution in [1.29, 1.82) is 0 Å². The summed E-state index contributed by atoms with van der Waals surface area (Å²) in [7, 11) is 1.48. The number of hydrogen-bond acceptors (Lipinski definition) is 3. The standard InChI is InChI=1S/C10H8F3N3/c1-15-10-6(14)3-16-9-5(12)2-4(11)8(13)7(9)10/h2-3H,14H2,1H3,(H,15,16). The normalized spacial score (nSPS) is 10.8. The number of nitrogens with zero attached hydrogens (tertiary/aromatic N) is 1. The predicted octanol–water partition coefficient (Wildman–Crippen LogP) is 2.28. The molecular formula is C10H8F3N3. The SMILES string of the molecule is CNc1c(N)cnc2c(F)cc(F)c(F)c12. The second-order valence-corrected chi connectivity index (χ2v) is 3.22. The fourth-order valence-corrected chi connectivity index (χ4v) is 1.55. The first-order valence-corrected chi connectivity index (χ1v) is 4.45. The average Bonchev–Trinajstić information content (AvgIpc) is 2.25. The first kappa shape index (κ1) is 10.5. The Bertz CT molecular complexity index is 569. The third-order valence-electron chi connectivity index (χ3n) is 2.27. The maximum Gasteiger partial charge on any atom is 0.170 e. The molecule has 1 aromatic carbocycles. The third kappa shape index (κ3) is 1.34. The molecule has 84 valence electrons. The van der Waals surface area contributed by atoms with Gasteiger partial charge in [-0.1, -0.05) is 0 Å². The number of nitrogens with two attached hydrogens (primary N) is 1. The summed E-state index contributed by atoms with van der Waals surface area (Å²) in [4.78, 5) is 3.64. The highest BCUT2D eigenvalue weighted by Crippen LogP contribution is 2.32. The average molecular weight is 227 g/mol. The van der Waals surface area contributed by atoms with E-state index in [9.17, 15) is 13.2 Å². The summed E-state index contributed by atoms with van der Waals surface area (Å²) in [6, 6.07) is 0.459. The van der Waals surface area contributed by atoms with E-state index < -0.39 is 17.5 Å². The fraction of sp³-hybridized carbons (Fsp3) is 0.100. The zero-order valence-electron chi connectivity index (χ0n) is 8.31. The molecule has 2 aromatic rings. The van der Waals surface area contributed by atoms with Crippen molar-refractivity contribution in [1.82, 2.24) is 4.98 Å². The van der Waals surface area contributed by atoms with Crippen LogP contribution in [0, 0.1) is 17.5 Å². The van der Waals surface area contributed by atoms with Gasteiger partial charge in [0.05, 0.1) is 23.0 Å². The minimum atomic E-state index is -1.27. The Balaban J connectivity index is 3.01. The largest absolute Gasteiger partial charge is 0.396 e. The zero-order valence-corrected chi connectivity index (χ0v) is 8.31. The third-order valence-corrected chi connectivity index (χ3v) is 2.27. The van der Waals surface area contributed by atoms with Gasteiger partial charge in [-0.15, -0.1) is 0 Å². The lowest BCUT2D eigenvalue weighted by Crippen LogP contribution is -2.02. The summed E-state index contributed by atoms with van der Waals surface area (Å²) in [6.07, 6.45) is 1.19. The second kappa shape index (κ2) is 3.55. The molecule has 0 atom stereocenters. The number of nitrogen functional groups attached to an aromatic ring is 1. The number of fused-ring (bicyclic) bond motifs is 1. The van der Waals surface area contributed by atoms with Crippen molar-refractivity contribution < 1.29 is 13.2 Å². The van der Waals surface area contributed by atoms with Crippen LogP contribution in [0.1, 0.15) is 0 Å². The van der Waals surface area contributed by atoms with Gasteiger partial charge >= 0.3 is 0 Å². The van der Waals surface area contributed by atoms with Crippen LogP contribution in [0.15, 0.2) is 12.3 Å². The van der Waals surface area contributed by atoms with E-state index in [4.69, 9.17) is 5.73 Å². The summed E-state index contributed by atoms with van der Waals surface area (Å²) in [6.45, 7) is 0. The minimum Gasteiger partial charge on any atom is -0.396 e. The molecule has 2 rings (SSSR count). The molecule has 0 amide bonds. The second-order valence-electron chi connectivity index (χ2n) is 3.22. The van der Waals surface area contributed by atoms with Crippen LogP contribution >= 0.6 is 0 Å². The van der Waals surface area contributed by atoms with Gasteiger partial charge in [-0.3, -0.25) is 4.98 Å². The molecule has 3 nitrogen and oxygen atoms in total. The van der Waals surface area contributed by atoms with Crippen molar-refractivity contribution in [3.63, 3.8) is 0 Å². The van der Waals surface area contributed by atoms with Gasteiger partial charge in [0.1, 0.15) is 5.52 Å². The van der Waals surface area contributed by atoms with E-state index in [2.05, 4.69) is 10.3 Å². The van der Waals surface area contributed by atoms with Crippen molar-refractivity contribution in [2.24, 2.45) is 0 Å². The van der Waals surface area contributed by atoms with Gasteiger partial charge in [0.2, 0.25) is 0 Å². The van der Waals surface area contributed by atoms with E-state index in [0.29, 0.717) is 6.07 Å². The molecule has 0 aliphatic carbocycles.